The summed E-state index contributed by atoms with van der Waals surface area (Å²) in [4.78, 5) is 17.9. The first-order valence-corrected chi connectivity index (χ1v) is 6.24. The van der Waals surface area contributed by atoms with Gasteiger partial charge in [-0.3, -0.25) is 9.78 Å². The molecule has 0 aliphatic heterocycles. The van der Waals surface area contributed by atoms with Crippen LogP contribution in [0.2, 0.25) is 0 Å². The van der Waals surface area contributed by atoms with E-state index in [2.05, 4.69) is 4.98 Å². The summed E-state index contributed by atoms with van der Waals surface area (Å²) in [6, 6.07) is 10.9. The van der Waals surface area contributed by atoms with Crippen LogP contribution in [0.5, 0.6) is 0 Å². The highest BCUT2D eigenvalue weighted by atomic mass is 16.2. The number of carbonyl (C=O) groups is 1. The molecule has 0 bridgehead atoms. The first-order valence-electron chi connectivity index (χ1n) is 6.24. The number of amides is 1. The maximum atomic E-state index is 12.4. The van der Waals surface area contributed by atoms with Crippen LogP contribution in [0, 0.1) is 25.2 Å². The van der Waals surface area contributed by atoms with Crippen LogP contribution in [0.3, 0.4) is 0 Å². The summed E-state index contributed by atoms with van der Waals surface area (Å²) in [5.41, 5.74) is 3.81. The lowest BCUT2D eigenvalue weighted by Gasteiger charge is -2.18. The molecule has 0 unspecified atom stereocenters. The second kappa shape index (κ2) is 5.54. The second-order valence-electron chi connectivity index (χ2n) is 4.67. The maximum Gasteiger partial charge on any atom is 0.276 e. The van der Waals surface area contributed by atoms with Crippen LogP contribution in [-0.2, 0) is 0 Å². The summed E-state index contributed by atoms with van der Waals surface area (Å²) in [6.45, 7) is 4.03. The minimum Gasteiger partial charge on any atom is -0.310 e. The Hall–Kier alpha value is -2.67. The average molecular weight is 265 g/mol. The molecular weight excluding hydrogens is 250 g/mol. The van der Waals surface area contributed by atoms with Crippen LogP contribution in [-0.4, -0.2) is 17.9 Å². The van der Waals surface area contributed by atoms with E-state index in [1.54, 1.807) is 13.1 Å². The molecule has 1 aromatic carbocycles. The SMILES string of the molecule is Cc1ccc(N(C)C(=O)c2cc(C#N)ccn2)cc1C. The van der Waals surface area contributed by atoms with Crippen molar-refractivity contribution < 1.29 is 4.79 Å². The largest absolute Gasteiger partial charge is 0.310 e. The normalized spacial score (nSPS) is 9.90. The van der Waals surface area contributed by atoms with E-state index in [0.29, 0.717) is 5.56 Å². The van der Waals surface area contributed by atoms with Gasteiger partial charge in [-0.25, -0.2) is 0 Å². The van der Waals surface area contributed by atoms with Crippen LogP contribution in [0.4, 0.5) is 5.69 Å². The number of anilines is 1. The van der Waals surface area contributed by atoms with Crippen LogP contribution in [0.1, 0.15) is 27.2 Å². The van der Waals surface area contributed by atoms with Crippen LogP contribution in [0.15, 0.2) is 36.5 Å². The summed E-state index contributed by atoms with van der Waals surface area (Å²) in [5, 5.41) is 8.86. The van der Waals surface area contributed by atoms with E-state index in [1.165, 1.54) is 22.7 Å². The van der Waals surface area contributed by atoms with Crippen molar-refractivity contribution in [3.8, 4) is 6.07 Å². The number of nitrogens with zero attached hydrogens (tertiary/aromatic N) is 3. The zero-order valence-corrected chi connectivity index (χ0v) is 11.7. The van der Waals surface area contributed by atoms with Gasteiger partial charge in [0.2, 0.25) is 0 Å². The third-order valence-corrected chi connectivity index (χ3v) is 3.29. The number of rotatable bonds is 2. The van der Waals surface area contributed by atoms with Crippen molar-refractivity contribution in [2.45, 2.75) is 13.8 Å². The molecule has 1 heterocycles. The Labute approximate surface area is 118 Å². The Kier molecular flexibility index (Phi) is 3.81. The predicted molar refractivity (Wildman–Crippen MR) is 77.6 cm³/mol. The van der Waals surface area contributed by atoms with Gasteiger partial charge in [0.1, 0.15) is 5.69 Å². The quantitative estimate of drug-likeness (QED) is 0.839. The van der Waals surface area contributed by atoms with Crippen molar-refractivity contribution in [3.05, 3.63) is 58.9 Å². The number of nitriles is 1. The van der Waals surface area contributed by atoms with Crippen molar-refractivity contribution in [2.75, 3.05) is 11.9 Å². The molecule has 0 aliphatic carbocycles. The lowest BCUT2D eigenvalue weighted by atomic mass is 10.1. The number of aryl methyl sites for hydroxylation is 2. The van der Waals surface area contributed by atoms with Crippen molar-refractivity contribution >= 4 is 11.6 Å². The molecule has 1 aromatic heterocycles. The van der Waals surface area contributed by atoms with Crippen LogP contribution in [0.25, 0.3) is 0 Å². The molecule has 0 saturated heterocycles. The molecule has 4 nitrogen and oxygen atoms in total. The molecule has 2 rings (SSSR count). The molecule has 100 valence electrons. The van der Waals surface area contributed by atoms with Gasteiger partial charge in [-0.05, 0) is 49.2 Å². The number of hydrogen-bond acceptors (Lipinski definition) is 3. The van der Waals surface area contributed by atoms with Gasteiger partial charge >= 0.3 is 0 Å². The van der Waals surface area contributed by atoms with Crippen LogP contribution >= 0.6 is 0 Å². The fourth-order valence-corrected chi connectivity index (χ4v) is 1.84. The van der Waals surface area contributed by atoms with Crippen LogP contribution < -0.4 is 4.90 Å². The topological polar surface area (TPSA) is 57.0 Å². The van der Waals surface area contributed by atoms with E-state index >= 15 is 0 Å². The molecule has 0 N–H and O–H groups in total. The van der Waals surface area contributed by atoms with Gasteiger partial charge < -0.3 is 4.90 Å². The molecule has 0 fully saturated rings. The molecule has 0 spiro atoms. The molecule has 0 saturated carbocycles. The lowest BCUT2D eigenvalue weighted by molar-refractivity contribution is 0.0988. The highest BCUT2D eigenvalue weighted by Gasteiger charge is 2.15. The van der Waals surface area contributed by atoms with Gasteiger partial charge in [-0.15, -0.1) is 0 Å². The summed E-state index contributed by atoms with van der Waals surface area (Å²) in [7, 11) is 1.70. The summed E-state index contributed by atoms with van der Waals surface area (Å²) in [6.07, 6.45) is 1.47. The van der Waals surface area contributed by atoms with Gasteiger partial charge in [-0.1, -0.05) is 6.07 Å². The van der Waals surface area contributed by atoms with Gasteiger partial charge in [-0.2, -0.15) is 5.26 Å². The fraction of sp³-hybridized carbons (Fsp3) is 0.188. The second-order valence-corrected chi connectivity index (χ2v) is 4.67. The van der Waals surface area contributed by atoms with Crippen molar-refractivity contribution in [1.29, 1.82) is 5.26 Å². The molecular formula is C16H15N3O. The van der Waals surface area contributed by atoms with Gasteiger partial charge in [0, 0.05) is 18.9 Å². The van der Waals surface area contributed by atoms with E-state index in [4.69, 9.17) is 5.26 Å². The highest BCUT2D eigenvalue weighted by Crippen LogP contribution is 2.19. The Morgan fingerprint density at radius 3 is 2.60 bits per heavy atom. The third kappa shape index (κ3) is 2.67. The minimum atomic E-state index is -0.231. The molecule has 4 heteroatoms. The molecule has 0 atom stereocenters. The van der Waals surface area contributed by atoms with Gasteiger partial charge in [0.15, 0.2) is 0 Å². The first kappa shape index (κ1) is 13.8. The van der Waals surface area contributed by atoms with Crippen molar-refractivity contribution in [1.82, 2.24) is 4.98 Å². The zero-order valence-electron chi connectivity index (χ0n) is 11.7. The number of pyridine rings is 1. The van der Waals surface area contributed by atoms with Crippen molar-refractivity contribution in [3.63, 3.8) is 0 Å². The van der Waals surface area contributed by atoms with E-state index in [9.17, 15) is 4.79 Å². The predicted octanol–water partition coefficient (Wildman–Crippen LogP) is 2.85. The zero-order chi connectivity index (χ0) is 14.7. The minimum absolute atomic E-state index is 0.231. The number of benzene rings is 1. The molecule has 2 aromatic rings. The van der Waals surface area contributed by atoms with E-state index in [0.717, 1.165) is 11.3 Å². The van der Waals surface area contributed by atoms with E-state index < -0.39 is 0 Å². The summed E-state index contributed by atoms with van der Waals surface area (Å²) in [5.74, 6) is -0.231. The Morgan fingerprint density at radius 2 is 1.95 bits per heavy atom. The Morgan fingerprint density at radius 1 is 1.20 bits per heavy atom. The molecule has 0 radical (unpaired) electrons. The molecule has 0 aliphatic rings. The number of aromatic nitrogens is 1. The van der Waals surface area contributed by atoms with Crippen molar-refractivity contribution in [2.24, 2.45) is 0 Å². The summed E-state index contributed by atoms with van der Waals surface area (Å²) >= 11 is 0. The Bertz CT molecular complexity index is 701. The smallest absolute Gasteiger partial charge is 0.276 e. The molecule has 1 amide bonds. The lowest BCUT2D eigenvalue weighted by Crippen LogP contribution is -2.27. The van der Waals surface area contributed by atoms with Gasteiger partial charge in [0.05, 0.1) is 11.6 Å². The number of carbonyl (C=O) groups excluding carboxylic acids is 1. The number of hydrogen-bond donors (Lipinski definition) is 0. The average Bonchev–Trinajstić information content (AvgIpc) is 2.48. The highest BCUT2D eigenvalue weighted by molar-refractivity contribution is 6.04. The molecule has 20 heavy (non-hydrogen) atoms. The van der Waals surface area contributed by atoms with E-state index in [-0.39, 0.29) is 11.6 Å². The standard InChI is InChI=1S/C16H15N3O/c1-11-4-5-14(8-12(11)2)19(3)16(20)15-9-13(10-17)6-7-18-15/h4-9H,1-3H3. The monoisotopic (exact) mass is 265 g/mol. The fourth-order valence-electron chi connectivity index (χ4n) is 1.84. The third-order valence-electron chi connectivity index (χ3n) is 3.29. The Balaban J connectivity index is 2.32. The van der Waals surface area contributed by atoms with E-state index in [1.807, 2.05) is 38.1 Å². The summed E-state index contributed by atoms with van der Waals surface area (Å²) < 4.78 is 0. The van der Waals surface area contributed by atoms with Gasteiger partial charge in [0.25, 0.3) is 5.91 Å². The maximum absolute atomic E-state index is 12.4. The first-order chi connectivity index (χ1) is 9.52.